The zero-order valence-electron chi connectivity index (χ0n) is 22.1. The number of benzene rings is 3. The molecule has 0 aliphatic rings. The van der Waals surface area contributed by atoms with Crippen molar-refractivity contribution < 1.29 is 22.4 Å². The van der Waals surface area contributed by atoms with Crippen molar-refractivity contribution in [1.29, 1.82) is 0 Å². The normalized spacial score (nSPS) is 12.0. The van der Waals surface area contributed by atoms with Crippen LogP contribution in [0.2, 0.25) is 0 Å². The monoisotopic (exact) mass is 539 g/mol. The van der Waals surface area contributed by atoms with E-state index in [-0.39, 0.29) is 17.0 Å². The summed E-state index contributed by atoms with van der Waals surface area (Å²) in [5.41, 5.74) is 2.12. The van der Waals surface area contributed by atoms with Crippen LogP contribution in [0.5, 0.6) is 0 Å². The van der Waals surface area contributed by atoms with E-state index in [0.29, 0.717) is 24.2 Å². The first-order valence-corrected chi connectivity index (χ1v) is 14.0. The van der Waals surface area contributed by atoms with E-state index < -0.39 is 40.2 Å². The molecule has 0 aromatic heterocycles. The van der Waals surface area contributed by atoms with E-state index in [1.165, 1.54) is 35.2 Å². The summed E-state index contributed by atoms with van der Waals surface area (Å²) in [6.07, 6.45) is 0.704. The van der Waals surface area contributed by atoms with Crippen molar-refractivity contribution in [1.82, 2.24) is 10.2 Å². The number of para-hydroxylation sites is 1. The zero-order chi connectivity index (χ0) is 27.9. The third kappa shape index (κ3) is 6.77. The van der Waals surface area contributed by atoms with Gasteiger partial charge < -0.3 is 10.2 Å². The van der Waals surface area contributed by atoms with Crippen LogP contribution in [-0.4, -0.2) is 44.3 Å². The fourth-order valence-corrected chi connectivity index (χ4v) is 5.46. The predicted octanol–water partition coefficient (Wildman–Crippen LogP) is 4.58. The van der Waals surface area contributed by atoms with E-state index in [0.717, 1.165) is 9.87 Å². The molecule has 0 fully saturated rings. The average molecular weight is 540 g/mol. The molecular formula is C29H34FN3O4S. The summed E-state index contributed by atoms with van der Waals surface area (Å²) in [6, 6.07) is 18.3. The minimum absolute atomic E-state index is 0.0357. The molecule has 7 nitrogen and oxygen atoms in total. The van der Waals surface area contributed by atoms with E-state index >= 15 is 0 Å². The molecule has 3 aromatic rings. The van der Waals surface area contributed by atoms with Gasteiger partial charge in [0.05, 0.1) is 10.6 Å². The van der Waals surface area contributed by atoms with Crippen molar-refractivity contribution in [3.63, 3.8) is 0 Å². The van der Waals surface area contributed by atoms with Gasteiger partial charge in [-0.25, -0.2) is 12.8 Å². The number of hydrogen-bond acceptors (Lipinski definition) is 4. The van der Waals surface area contributed by atoms with Gasteiger partial charge in [-0.3, -0.25) is 13.9 Å². The molecule has 3 aromatic carbocycles. The van der Waals surface area contributed by atoms with Gasteiger partial charge in [0.25, 0.3) is 10.0 Å². The van der Waals surface area contributed by atoms with E-state index in [9.17, 15) is 22.4 Å². The number of aryl methyl sites for hydroxylation is 2. The molecule has 0 spiro atoms. The molecule has 0 saturated heterocycles. The molecule has 9 heteroatoms. The molecule has 0 heterocycles. The smallest absolute Gasteiger partial charge is 0.264 e. The largest absolute Gasteiger partial charge is 0.354 e. The van der Waals surface area contributed by atoms with Gasteiger partial charge in [-0.2, -0.15) is 0 Å². The van der Waals surface area contributed by atoms with Crippen LogP contribution in [-0.2, 0) is 26.2 Å². The van der Waals surface area contributed by atoms with Crippen LogP contribution in [0.3, 0.4) is 0 Å². The Hall–Kier alpha value is -3.72. The molecule has 0 unspecified atom stereocenters. The number of carbonyl (C=O) groups is 2. The predicted molar refractivity (Wildman–Crippen MR) is 147 cm³/mol. The van der Waals surface area contributed by atoms with Crippen molar-refractivity contribution in [2.75, 3.05) is 17.4 Å². The summed E-state index contributed by atoms with van der Waals surface area (Å²) >= 11 is 0. The highest BCUT2D eigenvalue weighted by Crippen LogP contribution is 2.27. The van der Waals surface area contributed by atoms with Crippen molar-refractivity contribution in [2.45, 2.75) is 51.6 Å². The number of anilines is 1. The Kier molecular flexibility index (Phi) is 9.63. The van der Waals surface area contributed by atoms with Crippen molar-refractivity contribution in [3.05, 3.63) is 95.3 Å². The maximum Gasteiger partial charge on any atom is 0.264 e. The number of nitrogens with zero attached hydrogens (tertiary/aromatic N) is 2. The molecule has 3 rings (SSSR count). The Balaban J connectivity index is 2.04. The van der Waals surface area contributed by atoms with Crippen LogP contribution in [0, 0.1) is 19.7 Å². The molecule has 0 aliphatic heterocycles. The summed E-state index contributed by atoms with van der Waals surface area (Å²) in [5.74, 6) is -1.55. The molecule has 1 N–H and O–H groups in total. The van der Waals surface area contributed by atoms with E-state index in [2.05, 4.69) is 5.32 Å². The van der Waals surface area contributed by atoms with Crippen molar-refractivity contribution in [2.24, 2.45) is 0 Å². The van der Waals surface area contributed by atoms with Crippen LogP contribution in [0.1, 0.15) is 37.0 Å². The Morgan fingerprint density at radius 1 is 0.947 bits per heavy atom. The summed E-state index contributed by atoms with van der Waals surface area (Å²) in [6.45, 7) is 6.72. The van der Waals surface area contributed by atoms with Gasteiger partial charge in [0.15, 0.2) is 0 Å². The third-order valence-corrected chi connectivity index (χ3v) is 8.06. The molecule has 0 bridgehead atoms. The van der Waals surface area contributed by atoms with Gasteiger partial charge in [0, 0.05) is 18.7 Å². The van der Waals surface area contributed by atoms with Gasteiger partial charge in [0.2, 0.25) is 11.8 Å². The molecule has 0 radical (unpaired) electrons. The quantitative estimate of drug-likeness (QED) is 0.387. The maximum atomic E-state index is 14.6. The summed E-state index contributed by atoms with van der Waals surface area (Å²) < 4.78 is 43.3. The van der Waals surface area contributed by atoms with Crippen LogP contribution < -0.4 is 9.62 Å². The van der Waals surface area contributed by atoms with Crippen LogP contribution in [0.15, 0.2) is 77.7 Å². The highest BCUT2D eigenvalue weighted by molar-refractivity contribution is 7.92. The zero-order valence-corrected chi connectivity index (χ0v) is 23.0. The molecule has 0 saturated carbocycles. The Morgan fingerprint density at radius 3 is 2.21 bits per heavy atom. The topological polar surface area (TPSA) is 86.8 Å². The van der Waals surface area contributed by atoms with Crippen LogP contribution >= 0.6 is 0 Å². The summed E-state index contributed by atoms with van der Waals surface area (Å²) in [4.78, 5) is 27.9. The number of amides is 2. The van der Waals surface area contributed by atoms with Crippen LogP contribution in [0.25, 0.3) is 0 Å². The maximum absolute atomic E-state index is 14.6. The Labute approximate surface area is 224 Å². The average Bonchev–Trinajstić information content (AvgIpc) is 2.90. The lowest BCUT2D eigenvalue weighted by molar-refractivity contribution is -0.139. The fraction of sp³-hybridized carbons (Fsp3) is 0.310. The minimum Gasteiger partial charge on any atom is -0.354 e. The van der Waals surface area contributed by atoms with Gasteiger partial charge in [-0.15, -0.1) is 0 Å². The molecule has 202 valence electrons. The molecule has 2 amide bonds. The highest BCUT2D eigenvalue weighted by Gasteiger charge is 2.33. The molecule has 1 atom stereocenters. The first kappa shape index (κ1) is 28.8. The number of halogens is 1. The van der Waals surface area contributed by atoms with Gasteiger partial charge in [-0.05, 0) is 57.0 Å². The summed E-state index contributed by atoms with van der Waals surface area (Å²) in [5, 5.41) is 2.76. The number of rotatable bonds is 11. The number of sulfonamides is 1. The second-order valence-corrected chi connectivity index (χ2v) is 11.1. The Bertz CT molecular complexity index is 1380. The lowest BCUT2D eigenvalue weighted by atomic mass is 10.1. The Morgan fingerprint density at radius 2 is 1.58 bits per heavy atom. The van der Waals surface area contributed by atoms with Gasteiger partial charge >= 0.3 is 0 Å². The molecule has 0 aliphatic carbocycles. The van der Waals surface area contributed by atoms with E-state index in [1.807, 2.05) is 13.8 Å². The summed E-state index contributed by atoms with van der Waals surface area (Å²) in [7, 11) is -4.15. The SMILES string of the molecule is CCCNC(=O)[C@@H](C)N(Cc1ccccc1F)C(=O)CN(c1ccccc1C)S(=O)(=O)c1ccc(C)cc1. The van der Waals surface area contributed by atoms with Crippen LogP contribution in [0.4, 0.5) is 10.1 Å². The van der Waals surface area contributed by atoms with Crippen molar-refractivity contribution >= 4 is 27.5 Å². The van der Waals surface area contributed by atoms with Crippen molar-refractivity contribution in [3.8, 4) is 0 Å². The minimum atomic E-state index is -4.15. The number of hydrogen-bond donors (Lipinski definition) is 1. The van der Waals surface area contributed by atoms with E-state index in [1.54, 1.807) is 56.3 Å². The number of nitrogens with one attached hydrogen (secondary N) is 1. The number of carbonyl (C=O) groups excluding carboxylic acids is 2. The highest BCUT2D eigenvalue weighted by atomic mass is 32.2. The van der Waals surface area contributed by atoms with Gasteiger partial charge in [0.1, 0.15) is 18.4 Å². The molecular weight excluding hydrogens is 505 g/mol. The molecule has 38 heavy (non-hydrogen) atoms. The first-order valence-electron chi connectivity index (χ1n) is 12.5. The fourth-order valence-electron chi connectivity index (χ4n) is 3.98. The second-order valence-electron chi connectivity index (χ2n) is 9.19. The lowest BCUT2D eigenvalue weighted by Gasteiger charge is -2.32. The standard InChI is InChI=1S/C29H34FN3O4S/c1-5-18-31-29(35)23(4)32(19-24-11-7-8-12-26(24)30)28(34)20-33(27-13-9-6-10-22(27)3)38(36,37)25-16-14-21(2)15-17-25/h6-17,23H,5,18-20H2,1-4H3,(H,31,35)/t23-/m1/s1. The lowest BCUT2D eigenvalue weighted by Crippen LogP contribution is -2.51. The van der Waals surface area contributed by atoms with E-state index in [4.69, 9.17) is 0 Å². The first-order chi connectivity index (χ1) is 18.1. The van der Waals surface area contributed by atoms with Gasteiger partial charge in [-0.1, -0.05) is 61.0 Å². The third-order valence-electron chi connectivity index (χ3n) is 6.29. The second kappa shape index (κ2) is 12.7.